The van der Waals surface area contributed by atoms with E-state index < -0.39 is 0 Å². The predicted octanol–water partition coefficient (Wildman–Crippen LogP) is 3.38. The summed E-state index contributed by atoms with van der Waals surface area (Å²) in [5, 5.41) is 5.94. The van der Waals surface area contributed by atoms with Gasteiger partial charge in [0.2, 0.25) is 17.6 Å². The molecule has 6 heteroatoms. The summed E-state index contributed by atoms with van der Waals surface area (Å²) in [5.41, 5.74) is 0. The van der Waals surface area contributed by atoms with Gasteiger partial charge in [-0.05, 0) is 31.2 Å². The zero-order chi connectivity index (χ0) is 15.2. The Morgan fingerprint density at radius 2 is 2.33 bits per heavy atom. The van der Waals surface area contributed by atoms with Crippen molar-refractivity contribution in [2.75, 3.05) is 7.05 Å². The third kappa shape index (κ3) is 4.14. The molecule has 1 unspecified atom stereocenters. The molecule has 2 heterocycles. The molecule has 0 spiro atoms. The fraction of sp³-hybridized carbons (Fsp3) is 0.533. The Labute approximate surface area is 129 Å². The Morgan fingerprint density at radius 3 is 3.00 bits per heavy atom. The predicted molar refractivity (Wildman–Crippen MR) is 83.1 cm³/mol. The van der Waals surface area contributed by atoms with Crippen molar-refractivity contribution in [3.8, 4) is 10.7 Å². The van der Waals surface area contributed by atoms with Crippen LogP contribution in [0.4, 0.5) is 0 Å². The molecular formula is C15H21N3O2S. The Kier molecular flexibility index (Phi) is 5.50. The maximum atomic E-state index is 12.0. The smallest absolute Gasteiger partial charge is 0.226 e. The van der Waals surface area contributed by atoms with Crippen LogP contribution < -0.4 is 0 Å². The third-order valence-electron chi connectivity index (χ3n) is 3.64. The molecule has 0 aliphatic rings. The maximum absolute atomic E-state index is 12.0. The lowest BCUT2D eigenvalue weighted by atomic mass is 10.2. The molecular weight excluding hydrogens is 286 g/mol. The van der Waals surface area contributed by atoms with Crippen LogP contribution in [0.15, 0.2) is 22.0 Å². The van der Waals surface area contributed by atoms with E-state index >= 15 is 0 Å². The van der Waals surface area contributed by atoms with Crippen molar-refractivity contribution in [2.24, 2.45) is 0 Å². The topological polar surface area (TPSA) is 59.2 Å². The second kappa shape index (κ2) is 7.36. The van der Waals surface area contributed by atoms with Crippen LogP contribution in [0.1, 0.15) is 39.0 Å². The molecule has 0 bridgehead atoms. The van der Waals surface area contributed by atoms with E-state index in [-0.39, 0.29) is 11.9 Å². The van der Waals surface area contributed by atoms with Gasteiger partial charge >= 0.3 is 0 Å². The number of hydrogen-bond donors (Lipinski definition) is 0. The van der Waals surface area contributed by atoms with Crippen LogP contribution in [-0.4, -0.2) is 34.0 Å². The first kappa shape index (κ1) is 15.7. The molecule has 0 aliphatic heterocycles. The van der Waals surface area contributed by atoms with Gasteiger partial charge in [0, 0.05) is 25.9 Å². The van der Waals surface area contributed by atoms with Crippen LogP contribution in [0.2, 0.25) is 0 Å². The fourth-order valence-electron chi connectivity index (χ4n) is 1.95. The van der Waals surface area contributed by atoms with Gasteiger partial charge in [0.15, 0.2) is 0 Å². The van der Waals surface area contributed by atoms with Gasteiger partial charge in [-0.25, -0.2) is 0 Å². The SMILES string of the molecule is CCC(C)N(C)C(=O)CCCc1nc(-c2cccs2)no1. The molecule has 0 saturated carbocycles. The van der Waals surface area contributed by atoms with E-state index in [4.69, 9.17) is 4.52 Å². The highest BCUT2D eigenvalue weighted by atomic mass is 32.1. The largest absolute Gasteiger partial charge is 0.343 e. The summed E-state index contributed by atoms with van der Waals surface area (Å²) in [6.45, 7) is 4.14. The summed E-state index contributed by atoms with van der Waals surface area (Å²) in [7, 11) is 1.86. The van der Waals surface area contributed by atoms with Gasteiger partial charge < -0.3 is 9.42 Å². The van der Waals surface area contributed by atoms with Crippen LogP contribution in [0.5, 0.6) is 0 Å². The van der Waals surface area contributed by atoms with Crippen LogP contribution in [0, 0.1) is 0 Å². The van der Waals surface area contributed by atoms with E-state index in [1.807, 2.05) is 29.5 Å². The highest BCUT2D eigenvalue weighted by Crippen LogP contribution is 2.21. The van der Waals surface area contributed by atoms with Gasteiger partial charge in [0.1, 0.15) is 0 Å². The molecule has 0 aliphatic carbocycles. The first-order valence-electron chi connectivity index (χ1n) is 7.24. The van der Waals surface area contributed by atoms with Crippen LogP contribution in [0.3, 0.4) is 0 Å². The Hall–Kier alpha value is -1.69. The van der Waals surface area contributed by atoms with Gasteiger partial charge in [-0.15, -0.1) is 11.3 Å². The van der Waals surface area contributed by atoms with Gasteiger partial charge in [-0.1, -0.05) is 18.1 Å². The number of aromatic nitrogens is 2. The monoisotopic (exact) mass is 307 g/mol. The van der Waals surface area contributed by atoms with Crippen molar-refractivity contribution in [1.29, 1.82) is 0 Å². The Morgan fingerprint density at radius 1 is 1.52 bits per heavy atom. The molecule has 0 saturated heterocycles. The van der Waals surface area contributed by atoms with Gasteiger partial charge in [-0.3, -0.25) is 4.79 Å². The molecule has 2 aromatic rings. The van der Waals surface area contributed by atoms with Crippen LogP contribution >= 0.6 is 11.3 Å². The van der Waals surface area contributed by atoms with Crippen molar-refractivity contribution in [3.05, 3.63) is 23.4 Å². The molecule has 0 radical (unpaired) electrons. The van der Waals surface area contributed by atoms with Crippen molar-refractivity contribution < 1.29 is 9.32 Å². The fourth-order valence-corrected chi connectivity index (χ4v) is 2.60. The molecule has 0 aromatic carbocycles. The van der Waals surface area contributed by atoms with E-state index in [1.54, 1.807) is 11.3 Å². The first-order chi connectivity index (χ1) is 10.1. The number of rotatable bonds is 7. The van der Waals surface area contributed by atoms with Crippen LogP contribution in [0.25, 0.3) is 10.7 Å². The van der Waals surface area contributed by atoms with Gasteiger partial charge in [-0.2, -0.15) is 4.98 Å². The van der Waals surface area contributed by atoms with Crippen molar-refractivity contribution >= 4 is 17.2 Å². The second-order valence-electron chi connectivity index (χ2n) is 5.10. The number of amides is 1. The lowest BCUT2D eigenvalue weighted by Crippen LogP contribution is -2.34. The zero-order valence-electron chi connectivity index (χ0n) is 12.7. The minimum absolute atomic E-state index is 0.169. The van der Waals surface area contributed by atoms with Crippen molar-refractivity contribution in [2.45, 2.75) is 45.6 Å². The number of aryl methyl sites for hydroxylation is 1. The summed E-state index contributed by atoms with van der Waals surface area (Å²) < 4.78 is 5.22. The molecule has 2 aromatic heterocycles. The van der Waals surface area contributed by atoms with Crippen molar-refractivity contribution in [1.82, 2.24) is 15.0 Å². The number of hydrogen-bond acceptors (Lipinski definition) is 5. The quantitative estimate of drug-likeness (QED) is 0.787. The third-order valence-corrected chi connectivity index (χ3v) is 4.50. The van der Waals surface area contributed by atoms with E-state index in [2.05, 4.69) is 24.0 Å². The minimum atomic E-state index is 0.169. The Bertz CT molecular complexity index is 565. The van der Waals surface area contributed by atoms with Gasteiger partial charge in [0.25, 0.3) is 0 Å². The average Bonchev–Trinajstić information content (AvgIpc) is 3.16. The summed E-state index contributed by atoms with van der Waals surface area (Å²) in [4.78, 5) is 19.1. The number of carbonyl (C=O) groups excluding carboxylic acids is 1. The summed E-state index contributed by atoms with van der Waals surface area (Å²) >= 11 is 1.58. The Balaban J connectivity index is 1.80. The summed E-state index contributed by atoms with van der Waals surface area (Å²) in [6.07, 6.45) is 2.85. The zero-order valence-corrected chi connectivity index (χ0v) is 13.5. The molecule has 5 nitrogen and oxygen atoms in total. The molecule has 0 N–H and O–H groups in total. The number of thiophene rings is 1. The van der Waals surface area contributed by atoms with E-state index in [0.717, 1.165) is 17.7 Å². The normalized spacial score (nSPS) is 12.3. The number of carbonyl (C=O) groups is 1. The first-order valence-corrected chi connectivity index (χ1v) is 8.12. The minimum Gasteiger partial charge on any atom is -0.343 e. The highest BCUT2D eigenvalue weighted by molar-refractivity contribution is 7.13. The van der Waals surface area contributed by atoms with E-state index in [1.165, 1.54) is 0 Å². The maximum Gasteiger partial charge on any atom is 0.226 e. The molecule has 1 amide bonds. The summed E-state index contributed by atoms with van der Waals surface area (Å²) in [6, 6.07) is 4.20. The van der Waals surface area contributed by atoms with Crippen molar-refractivity contribution in [3.63, 3.8) is 0 Å². The van der Waals surface area contributed by atoms with Gasteiger partial charge in [0.05, 0.1) is 4.88 Å². The van der Waals surface area contributed by atoms with E-state index in [9.17, 15) is 4.79 Å². The molecule has 0 fully saturated rings. The highest BCUT2D eigenvalue weighted by Gasteiger charge is 2.15. The lowest BCUT2D eigenvalue weighted by Gasteiger charge is -2.23. The molecule has 2 rings (SSSR count). The summed E-state index contributed by atoms with van der Waals surface area (Å²) in [5.74, 6) is 1.39. The van der Waals surface area contributed by atoms with Crippen LogP contribution in [-0.2, 0) is 11.2 Å². The molecule has 21 heavy (non-hydrogen) atoms. The number of nitrogens with zero attached hydrogens (tertiary/aromatic N) is 3. The standard InChI is InChI=1S/C15H21N3O2S/c1-4-11(2)18(3)14(19)9-5-8-13-16-15(17-20-13)12-7-6-10-21-12/h6-7,10-11H,4-5,8-9H2,1-3H3. The average molecular weight is 307 g/mol. The molecule has 114 valence electrons. The second-order valence-corrected chi connectivity index (χ2v) is 6.05. The lowest BCUT2D eigenvalue weighted by molar-refractivity contribution is -0.131. The van der Waals surface area contributed by atoms with E-state index in [0.29, 0.717) is 24.6 Å². The molecule has 1 atom stereocenters.